The summed E-state index contributed by atoms with van der Waals surface area (Å²) in [5.41, 5.74) is 2.60. The molecule has 5 nitrogen and oxygen atoms in total. The van der Waals surface area contributed by atoms with Crippen LogP contribution in [-0.4, -0.2) is 21.4 Å². The molecular formula is C12H10N4OS2. The number of rotatable bonds is 4. The van der Waals surface area contributed by atoms with Crippen molar-refractivity contribution in [2.75, 3.05) is 5.32 Å². The highest BCUT2D eigenvalue weighted by atomic mass is 32.2. The Morgan fingerprint density at radius 3 is 3.00 bits per heavy atom. The first-order valence-electron chi connectivity index (χ1n) is 5.43. The van der Waals surface area contributed by atoms with Crippen LogP contribution >= 0.6 is 23.1 Å². The van der Waals surface area contributed by atoms with Crippen molar-refractivity contribution in [1.29, 1.82) is 5.26 Å². The second kappa shape index (κ2) is 6.31. The standard InChI is InChI=1S/C12H10N4OS2/c1-8(19-12-16-14-7-18-12)11(17)15-10-5-3-2-4-9(10)6-13/h2-5,7-8H,1H3,(H,15,17)/t8-/m1/s1. The molecule has 2 aromatic rings. The normalized spacial score (nSPS) is 11.6. The van der Waals surface area contributed by atoms with Gasteiger partial charge in [0.1, 0.15) is 11.6 Å². The average Bonchev–Trinajstić information content (AvgIpc) is 2.92. The number of aromatic nitrogens is 2. The van der Waals surface area contributed by atoms with Crippen LogP contribution in [-0.2, 0) is 4.79 Å². The predicted molar refractivity (Wildman–Crippen MR) is 75.0 cm³/mol. The first-order valence-corrected chi connectivity index (χ1v) is 7.19. The number of nitriles is 1. The summed E-state index contributed by atoms with van der Waals surface area (Å²) in [6.45, 7) is 1.79. The van der Waals surface area contributed by atoms with Crippen LogP contribution in [0.5, 0.6) is 0 Å². The fourth-order valence-corrected chi connectivity index (χ4v) is 2.97. The molecule has 0 radical (unpaired) electrons. The number of hydrogen-bond acceptors (Lipinski definition) is 6. The summed E-state index contributed by atoms with van der Waals surface area (Å²) < 4.78 is 0.746. The van der Waals surface area contributed by atoms with Crippen molar-refractivity contribution in [3.8, 4) is 6.07 Å². The highest BCUT2D eigenvalue weighted by Gasteiger charge is 2.17. The van der Waals surface area contributed by atoms with Crippen LogP contribution in [0, 0.1) is 11.3 Å². The Morgan fingerprint density at radius 1 is 1.53 bits per heavy atom. The molecule has 7 heteroatoms. The minimum absolute atomic E-state index is 0.164. The van der Waals surface area contributed by atoms with Crippen molar-refractivity contribution in [3.05, 3.63) is 35.3 Å². The summed E-state index contributed by atoms with van der Waals surface area (Å²) in [5.74, 6) is -0.164. The Balaban J connectivity index is 2.03. The topological polar surface area (TPSA) is 78.7 Å². The number of anilines is 1. The highest BCUT2D eigenvalue weighted by molar-refractivity contribution is 8.02. The number of hydrogen-bond donors (Lipinski definition) is 1. The SMILES string of the molecule is C[C@@H](Sc1nncs1)C(=O)Nc1ccccc1C#N. The van der Waals surface area contributed by atoms with E-state index in [4.69, 9.17) is 5.26 Å². The molecule has 0 spiro atoms. The molecule has 0 saturated carbocycles. The Bertz CT molecular complexity index is 606. The predicted octanol–water partition coefficient (Wildman–Crippen LogP) is 2.53. The van der Waals surface area contributed by atoms with E-state index in [1.165, 1.54) is 23.1 Å². The lowest BCUT2D eigenvalue weighted by Gasteiger charge is -2.11. The molecule has 1 amide bonds. The molecule has 19 heavy (non-hydrogen) atoms. The molecule has 0 aliphatic rings. The van der Waals surface area contributed by atoms with Crippen molar-refractivity contribution in [2.24, 2.45) is 0 Å². The van der Waals surface area contributed by atoms with Gasteiger partial charge in [0.25, 0.3) is 0 Å². The summed E-state index contributed by atoms with van der Waals surface area (Å²) in [7, 11) is 0. The van der Waals surface area contributed by atoms with Crippen LogP contribution in [0.15, 0.2) is 34.1 Å². The Morgan fingerprint density at radius 2 is 2.32 bits per heavy atom. The summed E-state index contributed by atoms with van der Waals surface area (Å²) in [6, 6.07) is 8.95. The fraction of sp³-hybridized carbons (Fsp3) is 0.167. The van der Waals surface area contributed by atoms with E-state index < -0.39 is 0 Å². The van der Waals surface area contributed by atoms with Crippen molar-refractivity contribution in [1.82, 2.24) is 10.2 Å². The molecule has 1 aromatic carbocycles. The summed E-state index contributed by atoms with van der Waals surface area (Å²) in [6.07, 6.45) is 0. The zero-order chi connectivity index (χ0) is 13.7. The number of amides is 1. The zero-order valence-electron chi connectivity index (χ0n) is 10.0. The number of para-hydroxylation sites is 1. The molecule has 0 saturated heterocycles. The minimum atomic E-state index is -0.306. The van der Waals surface area contributed by atoms with Gasteiger partial charge in [-0.15, -0.1) is 10.2 Å². The summed E-state index contributed by atoms with van der Waals surface area (Å²) in [5, 5.41) is 19.0. The second-order valence-electron chi connectivity index (χ2n) is 3.61. The maximum Gasteiger partial charge on any atom is 0.237 e. The highest BCUT2D eigenvalue weighted by Crippen LogP contribution is 2.25. The maximum absolute atomic E-state index is 12.0. The first-order chi connectivity index (χ1) is 9.20. The van der Waals surface area contributed by atoms with Crippen LogP contribution in [0.2, 0.25) is 0 Å². The Kier molecular flexibility index (Phi) is 4.49. The van der Waals surface area contributed by atoms with Gasteiger partial charge in [-0.2, -0.15) is 5.26 Å². The second-order valence-corrected chi connectivity index (χ2v) is 6.03. The van der Waals surface area contributed by atoms with Crippen LogP contribution in [0.4, 0.5) is 5.69 Å². The first kappa shape index (κ1) is 13.5. The van der Waals surface area contributed by atoms with Crippen molar-refractivity contribution in [3.63, 3.8) is 0 Å². The molecule has 2 rings (SSSR count). The summed E-state index contributed by atoms with van der Waals surface area (Å²) in [4.78, 5) is 12.0. The molecular weight excluding hydrogens is 280 g/mol. The van der Waals surface area contributed by atoms with Gasteiger partial charge in [-0.3, -0.25) is 4.79 Å². The van der Waals surface area contributed by atoms with E-state index in [2.05, 4.69) is 15.5 Å². The molecule has 0 aliphatic heterocycles. The number of carbonyl (C=O) groups excluding carboxylic acids is 1. The largest absolute Gasteiger partial charge is 0.324 e. The van der Waals surface area contributed by atoms with Crippen LogP contribution in [0.3, 0.4) is 0 Å². The van der Waals surface area contributed by atoms with E-state index in [1.807, 2.05) is 6.07 Å². The van der Waals surface area contributed by atoms with Gasteiger partial charge < -0.3 is 5.32 Å². The third kappa shape index (κ3) is 3.53. The number of thioether (sulfide) groups is 1. The molecule has 0 unspecified atom stereocenters. The van der Waals surface area contributed by atoms with E-state index in [0.29, 0.717) is 11.3 Å². The third-order valence-corrected chi connectivity index (χ3v) is 4.20. The van der Waals surface area contributed by atoms with Gasteiger partial charge in [0.05, 0.1) is 16.5 Å². The molecule has 1 aromatic heterocycles. The van der Waals surface area contributed by atoms with E-state index in [0.717, 1.165) is 4.34 Å². The van der Waals surface area contributed by atoms with Crippen LogP contribution < -0.4 is 5.32 Å². The number of nitrogens with zero attached hydrogens (tertiary/aromatic N) is 3. The molecule has 0 fully saturated rings. The number of benzene rings is 1. The van der Waals surface area contributed by atoms with Gasteiger partial charge in [0.2, 0.25) is 5.91 Å². The monoisotopic (exact) mass is 290 g/mol. The van der Waals surface area contributed by atoms with Crippen LogP contribution in [0.25, 0.3) is 0 Å². The van der Waals surface area contributed by atoms with Crippen LogP contribution in [0.1, 0.15) is 12.5 Å². The van der Waals surface area contributed by atoms with E-state index in [9.17, 15) is 4.79 Å². The van der Waals surface area contributed by atoms with Crippen molar-refractivity contribution < 1.29 is 4.79 Å². The Labute approximate surface area is 118 Å². The van der Waals surface area contributed by atoms with Gasteiger partial charge in [0.15, 0.2) is 4.34 Å². The van der Waals surface area contributed by atoms with Gasteiger partial charge in [0, 0.05) is 0 Å². The fourth-order valence-electron chi connectivity index (χ4n) is 1.34. The molecule has 0 bridgehead atoms. The van der Waals surface area contributed by atoms with Gasteiger partial charge in [-0.05, 0) is 19.1 Å². The van der Waals surface area contributed by atoms with E-state index >= 15 is 0 Å². The van der Waals surface area contributed by atoms with Gasteiger partial charge in [-0.25, -0.2) is 0 Å². The molecule has 1 N–H and O–H groups in total. The van der Waals surface area contributed by atoms with Gasteiger partial charge >= 0.3 is 0 Å². The van der Waals surface area contributed by atoms with Crippen molar-refractivity contribution >= 4 is 34.7 Å². The smallest absolute Gasteiger partial charge is 0.237 e. The average molecular weight is 290 g/mol. The lowest BCUT2D eigenvalue weighted by Crippen LogP contribution is -2.22. The lowest BCUT2D eigenvalue weighted by atomic mass is 10.2. The van der Waals surface area contributed by atoms with Crippen molar-refractivity contribution in [2.45, 2.75) is 16.5 Å². The molecule has 1 atom stereocenters. The summed E-state index contributed by atoms with van der Waals surface area (Å²) >= 11 is 2.73. The Hall–Kier alpha value is -1.91. The third-order valence-electron chi connectivity index (χ3n) is 2.29. The quantitative estimate of drug-likeness (QED) is 0.875. The molecule has 1 heterocycles. The molecule has 96 valence electrons. The maximum atomic E-state index is 12.0. The number of carbonyl (C=O) groups is 1. The van der Waals surface area contributed by atoms with Gasteiger partial charge in [-0.1, -0.05) is 35.2 Å². The van der Waals surface area contributed by atoms with E-state index in [-0.39, 0.29) is 11.2 Å². The minimum Gasteiger partial charge on any atom is -0.324 e. The lowest BCUT2D eigenvalue weighted by molar-refractivity contribution is -0.115. The zero-order valence-corrected chi connectivity index (χ0v) is 11.7. The van der Waals surface area contributed by atoms with E-state index in [1.54, 1.807) is 36.7 Å². The molecule has 0 aliphatic carbocycles. The number of nitrogens with one attached hydrogen (secondary N) is 1.